The van der Waals surface area contributed by atoms with Crippen molar-refractivity contribution in [1.29, 1.82) is 0 Å². The van der Waals surface area contributed by atoms with E-state index in [1.54, 1.807) is 0 Å². The molecule has 0 bridgehead atoms. The van der Waals surface area contributed by atoms with Gasteiger partial charge in [-0.05, 0) is 38.5 Å². The summed E-state index contributed by atoms with van der Waals surface area (Å²) < 4.78 is 4.61. The zero-order valence-corrected chi connectivity index (χ0v) is 13.9. The van der Waals surface area contributed by atoms with Gasteiger partial charge in [-0.15, -0.1) is 0 Å². The van der Waals surface area contributed by atoms with Crippen molar-refractivity contribution in [2.45, 2.75) is 71.1 Å². The van der Waals surface area contributed by atoms with E-state index in [2.05, 4.69) is 48.1 Å². The molecule has 120 valence electrons. The van der Waals surface area contributed by atoms with Crippen molar-refractivity contribution < 1.29 is 9.53 Å². The van der Waals surface area contributed by atoms with Crippen molar-refractivity contribution >= 4 is 5.97 Å². The molecule has 0 saturated carbocycles. The molecular weight excluding hydrogens is 278 g/mol. The van der Waals surface area contributed by atoms with Crippen LogP contribution in [0.2, 0.25) is 0 Å². The lowest BCUT2D eigenvalue weighted by Gasteiger charge is -1.99. The van der Waals surface area contributed by atoms with Gasteiger partial charge in [-0.3, -0.25) is 4.79 Å². The molecule has 0 spiro atoms. The highest BCUT2D eigenvalue weighted by Crippen LogP contribution is 2.08. The molecule has 0 aromatic carbocycles. The maximum Gasteiger partial charge on any atom is 0.305 e. The molecule has 0 heterocycles. The number of carbonyl (C=O) groups excluding carboxylic acids is 1. The number of carbonyl (C=O) groups is 1. The van der Waals surface area contributed by atoms with E-state index in [0.29, 0.717) is 6.42 Å². The van der Waals surface area contributed by atoms with E-state index in [4.69, 9.17) is 0 Å². The van der Waals surface area contributed by atoms with Crippen molar-refractivity contribution in [3.8, 4) is 0 Å². The molecule has 0 radical (unpaired) electrons. The second-order valence-corrected chi connectivity index (χ2v) is 5.18. The van der Waals surface area contributed by atoms with E-state index in [1.165, 1.54) is 32.8 Å². The Balaban J connectivity index is 3.25. The van der Waals surface area contributed by atoms with Gasteiger partial charge in [0.05, 0.1) is 7.11 Å². The first kappa shape index (κ1) is 19.7. The molecule has 0 amide bonds. The Morgan fingerprint density at radius 1 is 0.810 bits per heavy atom. The summed E-state index contributed by atoms with van der Waals surface area (Å²) in [7, 11) is 1.45. The van der Waals surface area contributed by atoms with Gasteiger partial charge in [0.25, 0.3) is 0 Å². The first-order chi connectivity index (χ1) is 10.3. The van der Waals surface area contributed by atoms with E-state index < -0.39 is 0 Å². The van der Waals surface area contributed by atoms with Crippen LogP contribution < -0.4 is 0 Å². The Labute approximate surface area is 131 Å². The third kappa shape index (κ3) is 16.6. The minimum Gasteiger partial charge on any atom is -0.469 e. The van der Waals surface area contributed by atoms with Crippen LogP contribution >= 0.6 is 0 Å². The van der Waals surface area contributed by atoms with Gasteiger partial charge < -0.3 is 4.74 Å². The molecule has 0 unspecified atom stereocenters. The molecule has 21 heavy (non-hydrogen) atoms. The van der Waals surface area contributed by atoms with Crippen molar-refractivity contribution in [2.75, 3.05) is 7.11 Å². The van der Waals surface area contributed by atoms with Gasteiger partial charge in [-0.1, -0.05) is 62.6 Å². The smallest absolute Gasteiger partial charge is 0.305 e. The van der Waals surface area contributed by atoms with Gasteiger partial charge in [0, 0.05) is 6.42 Å². The van der Waals surface area contributed by atoms with Crippen LogP contribution in [-0.4, -0.2) is 13.1 Å². The third-order valence-corrected chi connectivity index (χ3v) is 3.26. The van der Waals surface area contributed by atoms with Crippen LogP contribution in [0, 0.1) is 0 Å². The lowest BCUT2D eigenvalue weighted by molar-refractivity contribution is -0.140. The third-order valence-electron chi connectivity index (χ3n) is 3.26. The predicted octanol–water partition coefficient (Wildman–Crippen LogP) is 5.75. The van der Waals surface area contributed by atoms with Gasteiger partial charge >= 0.3 is 5.97 Å². The Morgan fingerprint density at radius 3 is 2.05 bits per heavy atom. The van der Waals surface area contributed by atoms with Crippen molar-refractivity contribution in [2.24, 2.45) is 0 Å². The predicted molar refractivity (Wildman–Crippen MR) is 91.3 cm³/mol. The average Bonchev–Trinajstić information content (AvgIpc) is 2.50. The quantitative estimate of drug-likeness (QED) is 0.187. The number of unbranched alkanes of at least 4 members (excludes halogenated alkanes) is 5. The van der Waals surface area contributed by atoms with E-state index in [1.807, 2.05) is 0 Å². The molecule has 0 fully saturated rings. The lowest BCUT2D eigenvalue weighted by Crippen LogP contribution is -1.98. The van der Waals surface area contributed by atoms with Crippen molar-refractivity contribution in [1.82, 2.24) is 0 Å². The fourth-order valence-corrected chi connectivity index (χ4v) is 1.99. The van der Waals surface area contributed by atoms with E-state index in [-0.39, 0.29) is 5.97 Å². The molecule has 0 N–H and O–H groups in total. The number of rotatable bonds is 13. The SMILES string of the molecule is CO[13C](=O)[13CH2][13CH2][13CH2][13CH2][13CH2][13CH2][13CH2]/[13CH]=[13CH]\[13CH2]/[13CH]=[13CH]\[13CH2]/[13CH]=[13CH]\[13CH2][13CH3]. The van der Waals surface area contributed by atoms with Crippen LogP contribution in [0.5, 0.6) is 0 Å². The average molecular weight is 310 g/mol. The Kier molecular flexibility index (Phi) is 15.7. The van der Waals surface area contributed by atoms with Crippen LogP contribution in [0.4, 0.5) is 0 Å². The lowest BCUT2D eigenvalue weighted by atomic mass is 11.1. The molecule has 0 aromatic heterocycles. The molecule has 2 heteroatoms. The summed E-state index contributed by atoms with van der Waals surface area (Å²) in [5, 5.41) is 0. The summed E-state index contributed by atoms with van der Waals surface area (Å²) >= 11 is 0. The fraction of sp³-hybridized carbons (Fsp3) is 0.632. The molecule has 0 saturated heterocycles. The number of hydrogen-bond acceptors (Lipinski definition) is 2. The first-order valence-electron chi connectivity index (χ1n) is 8.33. The Hall–Kier alpha value is -1.31. The van der Waals surface area contributed by atoms with E-state index >= 15 is 0 Å². The first-order valence-corrected chi connectivity index (χ1v) is 8.33. The number of hydrogen-bond donors (Lipinski definition) is 0. The summed E-state index contributed by atoms with van der Waals surface area (Å²) in [6.45, 7) is 2.15. The Bertz CT molecular complexity index is 314. The van der Waals surface area contributed by atoms with Gasteiger partial charge in [0.15, 0.2) is 0 Å². The number of methoxy groups -OCH3 is 1. The topological polar surface area (TPSA) is 26.3 Å². The maximum atomic E-state index is 10.9. The summed E-state index contributed by atoms with van der Waals surface area (Å²) in [5.74, 6) is -0.0869. The number of ether oxygens (including phenoxy) is 1. The van der Waals surface area contributed by atoms with Crippen LogP contribution in [0.1, 0.15) is 71.1 Å². The van der Waals surface area contributed by atoms with Crippen LogP contribution in [0.25, 0.3) is 0 Å². The highest BCUT2D eigenvalue weighted by atomic mass is 16.6. The second kappa shape index (κ2) is 16.7. The summed E-state index contributed by atoms with van der Waals surface area (Å²) in [5.41, 5.74) is 0. The monoisotopic (exact) mass is 310 g/mol. The van der Waals surface area contributed by atoms with Crippen LogP contribution in [0.3, 0.4) is 0 Å². The van der Waals surface area contributed by atoms with Crippen LogP contribution in [-0.2, 0) is 9.53 Å². The van der Waals surface area contributed by atoms with Gasteiger partial charge in [-0.2, -0.15) is 0 Å². The fourth-order valence-electron chi connectivity index (χ4n) is 1.99. The van der Waals surface area contributed by atoms with E-state index in [0.717, 1.165) is 32.1 Å². The molecule has 0 atom stereocenters. The minimum absolute atomic E-state index is 0.0869. The molecule has 0 aliphatic carbocycles. The zero-order chi connectivity index (χ0) is 15.6. The second-order valence-electron chi connectivity index (χ2n) is 5.18. The normalized spacial score (nSPS) is 11.9. The molecule has 0 aliphatic rings. The summed E-state index contributed by atoms with van der Waals surface area (Å²) in [6.07, 6.45) is 24.1. The maximum absolute atomic E-state index is 10.9. The van der Waals surface area contributed by atoms with Crippen molar-refractivity contribution in [3.05, 3.63) is 36.5 Å². The number of allylic oxidation sites excluding steroid dienone is 6. The van der Waals surface area contributed by atoms with Gasteiger partial charge in [0.1, 0.15) is 0 Å². The van der Waals surface area contributed by atoms with Gasteiger partial charge in [-0.25, -0.2) is 0 Å². The highest BCUT2D eigenvalue weighted by molar-refractivity contribution is 5.68. The summed E-state index contributed by atoms with van der Waals surface area (Å²) in [6, 6.07) is 0. The molecule has 0 aliphatic heterocycles. The molecule has 0 aromatic rings. The minimum atomic E-state index is -0.0869. The molecule has 2 nitrogen and oxygen atoms in total. The Morgan fingerprint density at radius 2 is 1.38 bits per heavy atom. The largest absolute Gasteiger partial charge is 0.469 e. The van der Waals surface area contributed by atoms with E-state index in [9.17, 15) is 4.79 Å². The summed E-state index contributed by atoms with van der Waals surface area (Å²) in [4.78, 5) is 10.9. The zero-order valence-electron chi connectivity index (χ0n) is 13.9. The van der Waals surface area contributed by atoms with Crippen molar-refractivity contribution in [3.63, 3.8) is 0 Å². The van der Waals surface area contributed by atoms with Gasteiger partial charge in [0.2, 0.25) is 0 Å². The van der Waals surface area contributed by atoms with Crippen LogP contribution in [0.15, 0.2) is 36.5 Å². The molecule has 0 rings (SSSR count). The standard InChI is InChI=1S/C19H32O2/c1-3-4-5-6-7-8-9-10-11-12-13-14-15-16-17-18-19(20)21-2/h4-5,7-8,10-11H,3,6,9,12-18H2,1-2H3/b5-4-,8-7-,11-10-/i1+1,3+1,4+1,5+1,6+1,7+1,8+1,9+1,10+1,11+1,12+1,13+1,14+1,15+1,16+1,17+1,18+1,19+1. The number of esters is 1. The highest BCUT2D eigenvalue weighted by Gasteiger charge is 1.98. The molecular formula is C19H32O2.